The predicted octanol–water partition coefficient (Wildman–Crippen LogP) is -0.170. The zero-order valence-electron chi connectivity index (χ0n) is 9.19. The number of rotatable bonds is 3. The summed E-state index contributed by atoms with van der Waals surface area (Å²) in [5.41, 5.74) is 6.01. The molecule has 7 nitrogen and oxygen atoms in total. The Morgan fingerprint density at radius 1 is 1.69 bits per heavy atom. The average Bonchev–Trinajstić information content (AvgIpc) is 2.64. The SMILES string of the molecule is CCC(NC)n1cnc2c(=O)[nH]c(N)nc21. The van der Waals surface area contributed by atoms with E-state index in [2.05, 4.69) is 20.3 Å². The Bertz CT molecular complexity index is 553. The van der Waals surface area contributed by atoms with Crippen molar-refractivity contribution < 1.29 is 0 Å². The minimum absolute atomic E-state index is 0.0544. The molecule has 2 aromatic heterocycles. The maximum Gasteiger partial charge on any atom is 0.280 e. The Balaban J connectivity index is 2.68. The molecule has 0 saturated heterocycles. The normalized spacial score (nSPS) is 13.1. The fraction of sp³-hybridized carbons (Fsp3) is 0.444. The summed E-state index contributed by atoms with van der Waals surface area (Å²) in [4.78, 5) is 22.1. The van der Waals surface area contributed by atoms with Crippen LogP contribution in [0.2, 0.25) is 0 Å². The van der Waals surface area contributed by atoms with Gasteiger partial charge in [0.2, 0.25) is 5.95 Å². The van der Waals surface area contributed by atoms with Crippen LogP contribution in [0.15, 0.2) is 11.1 Å². The maximum atomic E-state index is 11.5. The number of nitrogens with two attached hydrogens (primary N) is 1. The topological polar surface area (TPSA) is 102 Å². The van der Waals surface area contributed by atoms with E-state index in [0.717, 1.165) is 6.42 Å². The number of imidazole rings is 1. The van der Waals surface area contributed by atoms with Crippen LogP contribution < -0.4 is 16.6 Å². The number of nitrogens with zero attached hydrogens (tertiary/aromatic N) is 3. The Morgan fingerprint density at radius 2 is 2.44 bits per heavy atom. The van der Waals surface area contributed by atoms with E-state index in [1.54, 1.807) is 10.9 Å². The van der Waals surface area contributed by atoms with Crippen LogP contribution in [0.1, 0.15) is 19.5 Å². The highest BCUT2D eigenvalue weighted by atomic mass is 16.1. The Hall–Kier alpha value is -1.89. The van der Waals surface area contributed by atoms with Crippen LogP contribution in [0.3, 0.4) is 0 Å². The first kappa shape index (κ1) is 10.6. The summed E-state index contributed by atoms with van der Waals surface area (Å²) in [6, 6.07) is 0. The van der Waals surface area contributed by atoms with Gasteiger partial charge in [-0.1, -0.05) is 6.92 Å². The zero-order valence-corrected chi connectivity index (χ0v) is 9.19. The number of hydrogen-bond acceptors (Lipinski definition) is 5. The number of nitrogen functional groups attached to an aromatic ring is 1. The van der Waals surface area contributed by atoms with Gasteiger partial charge in [0.25, 0.3) is 5.56 Å². The van der Waals surface area contributed by atoms with Crippen molar-refractivity contribution in [3.8, 4) is 0 Å². The lowest BCUT2D eigenvalue weighted by molar-refractivity contribution is 0.432. The number of aromatic amines is 1. The molecule has 1 atom stereocenters. The van der Waals surface area contributed by atoms with Crippen molar-refractivity contribution in [1.29, 1.82) is 0 Å². The molecular formula is C9H14N6O. The van der Waals surface area contributed by atoms with Crippen molar-refractivity contribution in [3.05, 3.63) is 16.7 Å². The van der Waals surface area contributed by atoms with Crippen LogP contribution in [0, 0.1) is 0 Å². The van der Waals surface area contributed by atoms with E-state index in [4.69, 9.17) is 5.73 Å². The number of H-pyrrole nitrogens is 1. The fourth-order valence-corrected chi connectivity index (χ4v) is 1.71. The van der Waals surface area contributed by atoms with Crippen LogP contribution in [0.25, 0.3) is 11.2 Å². The second kappa shape index (κ2) is 3.93. The second-order valence-electron chi connectivity index (χ2n) is 3.49. The number of fused-ring (bicyclic) bond motifs is 1. The molecule has 0 spiro atoms. The molecule has 0 aliphatic heterocycles. The van der Waals surface area contributed by atoms with Crippen molar-refractivity contribution in [2.24, 2.45) is 0 Å². The minimum Gasteiger partial charge on any atom is -0.369 e. The molecule has 0 amide bonds. The zero-order chi connectivity index (χ0) is 11.7. The second-order valence-corrected chi connectivity index (χ2v) is 3.49. The van der Waals surface area contributed by atoms with E-state index in [-0.39, 0.29) is 17.7 Å². The van der Waals surface area contributed by atoms with E-state index in [1.165, 1.54) is 0 Å². The van der Waals surface area contributed by atoms with Gasteiger partial charge >= 0.3 is 0 Å². The number of aromatic nitrogens is 4. The van der Waals surface area contributed by atoms with Gasteiger partial charge in [-0.05, 0) is 13.5 Å². The first-order valence-corrected chi connectivity index (χ1v) is 5.07. The van der Waals surface area contributed by atoms with Gasteiger partial charge in [0.05, 0.1) is 12.5 Å². The van der Waals surface area contributed by atoms with Gasteiger partial charge < -0.3 is 11.1 Å². The number of nitrogens with one attached hydrogen (secondary N) is 2. The van der Waals surface area contributed by atoms with Crippen molar-refractivity contribution in [1.82, 2.24) is 24.8 Å². The van der Waals surface area contributed by atoms with Crippen molar-refractivity contribution >= 4 is 17.1 Å². The molecule has 2 rings (SSSR count). The number of hydrogen-bond donors (Lipinski definition) is 3. The molecule has 7 heteroatoms. The molecule has 0 fully saturated rings. The number of anilines is 1. The molecule has 2 heterocycles. The van der Waals surface area contributed by atoms with E-state index in [1.807, 2.05) is 14.0 Å². The van der Waals surface area contributed by atoms with Crippen LogP contribution in [-0.2, 0) is 0 Å². The molecule has 0 radical (unpaired) electrons. The lowest BCUT2D eigenvalue weighted by Crippen LogP contribution is -2.22. The lowest BCUT2D eigenvalue weighted by atomic mass is 10.3. The molecule has 0 aliphatic carbocycles. The summed E-state index contributed by atoms with van der Waals surface area (Å²) < 4.78 is 1.81. The van der Waals surface area contributed by atoms with Crippen LogP contribution in [-0.4, -0.2) is 26.6 Å². The summed E-state index contributed by atoms with van der Waals surface area (Å²) in [6.07, 6.45) is 2.51. The molecule has 0 bridgehead atoms. The molecule has 0 saturated carbocycles. The molecule has 86 valence electrons. The van der Waals surface area contributed by atoms with Crippen molar-refractivity contribution in [3.63, 3.8) is 0 Å². The Labute approximate surface area is 91.7 Å². The van der Waals surface area contributed by atoms with E-state index in [9.17, 15) is 4.79 Å². The third kappa shape index (κ3) is 1.54. The minimum atomic E-state index is -0.313. The first-order valence-electron chi connectivity index (χ1n) is 5.07. The predicted molar refractivity (Wildman–Crippen MR) is 60.9 cm³/mol. The molecule has 16 heavy (non-hydrogen) atoms. The molecule has 0 aromatic carbocycles. The van der Waals surface area contributed by atoms with Gasteiger partial charge in [-0.15, -0.1) is 0 Å². The van der Waals surface area contributed by atoms with Gasteiger partial charge in [-0.2, -0.15) is 4.98 Å². The third-order valence-electron chi connectivity index (χ3n) is 2.51. The monoisotopic (exact) mass is 222 g/mol. The molecule has 0 aliphatic rings. The Kier molecular flexibility index (Phi) is 2.61. The van der Waals surface area contributed by atoms with E-state index in [0.29, 0.717) is 11.2 Å². The van der Waals surface area contributed by atoms with Gasteiger partial charge in [0.15, 0.2) is 11.2 Å². The van der Waals surface area contributed by atoms with E-state index < -0.39 is 0 Å². The maximum absolute atomic E-state index is 11.5. The average molecular weight is 222 g/mol. The highest BCUT2D eigenvalue weighted by Crippen LogP contribution is 2.13. The van der Waals surface area contributed by atoms with Gasteiger partial charge in [0.1, 0.15) is 0 Å². The summed E-state index contributed by atoms with van der Waals surface area (Å²) in [6.45, 7) is 2.03. The summed E-state index contributed by atoms with van der Waals surface area (Å²) in [5.74, 6) is 0.102. The van der Waals surface area contributed by atoms with Crippen LogP contribution in [0.5, 0.6) is 0 Å². The summed E-state index contributed by atoms with van der Waals surface area (Å²) >= 11 is 0. The van der Waals surface area contributed by atoms with Crippen LogP contribution in [0.4, 0.5) is 5.95 Å². The highest BCUT2D eigenvalue weighted by molar-refractivity contribution is 5.70. The van der Waals surface area contributed by atoms with Crippen LogP contribution >= 0.6 is 0 Å². The van der Waals surface area contributed by atoms with Gasteiger partial charge in [0, 0.05) is 0 Å². The van der Waals surface area contributed by atoms with Gasteiger partial charge in [-0.25, -0.2) is 4.98 Å². The molecule has 2 aromatic rings. The van der Waals surface area contributed by atoms with Crippen molar-refractivity contribution in [2.75, 3.05) is 12.8 Å². The smallest absolute Gasteiger partial charge is 0.280 e. The largest absolute Gasteiger partial charge is 0.369 e. The first-order chi connectivity index (χ1) is 7.67. The summed E-state index contributed by atoms with van der Waals surface area (Å²) in [7, 11) is 1.84. The lowest BCUT2D eigenvalue weighted by Gasteiger charge is -2.15. The quantitative estimate of drug-likeness (QED) is 0.669. The molecular weight excluding hydrogens is 208 g/mol. The third-order valence-corrected chi connectivity index (χ3v) is 2.51. The molecule has 4 N–H and O–H groups in total. The summed E-state index contributed by atoms with van der Waals surface area (Å²) in [5, 5.41) is 3.12. The fourth-order valence-electron chi connectivity index (χ4n) is 1.71. The molecule has 1 unspecified atom stereocenters. The van der Waals surface area contributed by atoms with Gasteiger partial charge in [-0.3, -0.25) is 14.3 Å². The highest BCUT2D eigenvalue weighted by Gasteiger charge is 2.13. The van der Waals surface area contributed by atoms with Crippen molar-refractivity contribution in [2.45, 2.75) is 19.5 Å². The van der Waals surface area contributed by atoms with E-state index >= 15 is 0 Å². The standard InChI is InChI=1S/C9H14N6O/c1-3-5(11-2)15-4-12-6-7(15)13-9(10)14-8(6)16/h4-5,11H,3H2,1-2H3,(H3,10,13,14,16). The Morgan fingerprint density at radius 3 is 3.06 bits per heavy atom.